The van der Waals surface area contributed by atoms with Gasteiger partial charge in [-0.3, -0.25) is 4.79 Å². The van der Waals surface area contributed by atoms with Crippen LogP contribution in [-0.4, -0.2) is 91.9 Å². The SMILES string of the molecule is NCCCCCC(=O)N[C@H]1[C@H]([C@H](O)[C@H](O)CO)O[C@](O)(C(=O)O)C[C@@H]1O. The van der Waals surface area contributed by atoms with Crippen molar-refractivity contribution in [1.82, 2.24) is 5.32 Å². The van der Waals surface area contributed by atoms with Gasteiger partial charge in [0.25, 0.3) is 5.79 Å². The van der Waals surface area contributed by atoms with E-state index in [1.54, 1.807) is 0 Å². The third-order valence-electron chi connectivity index (χ3n) is 4.27. The van der Waals surface area contributed by atoms with Crippen molar-refractivity contribution in [2.75, 3.05) is 13.2 Å². The van der Waals surface area contributed by atoms with E-state index in [-0.39, 0.29) is 6.42 Å². The summed E-state index contributed by atoms with van der Waals surface area (Å²) in [7, 11) is 0. The number of nitrogens with one attached hydrogen (secondary N) is 1. The van der Waals surface area contributed by atoms with Crippen molar-refractivity contribution < 1.29 is 45.0 Å². The number of aliphatic carboxylic acids is 1. The van der Waals surface area contributed by atoms with Crippen molar-refractivity contribution in [1.29, 1.82) is 0 Å². The lowest BCUT2D eigenvalue weighted by Crippen LogP contribution is -2.67. The summed E-state index contributed by atoms with van der Waals surface area (Å²) in [6, 6.07) is -1.28. The van der Waals surface area contributed by atoms with E-state index in [4.69, 9.17) is 20.7 Å². The highest BCUT2D eigenvalue weighted by Gasteiger charge is 2.53. The molecular formula is C15H28N2O9. The number of hydrogen-bond acceptors (Lipinski definition) is 9. The second-order valence-corrected chi connectivity index (χ2v) is 6.38. The monoisotopic (exact) mass is 380 g/mol. The number of hydrogen-bond donors (Lipinski definition) is 8. The predicted molar refractivity (Wildman–Crippen MR) is 86.6 cm³/mol. The first-order chi connectivity index (χ1) is 12.2. The number of aliphatic hydroxyl groups is 5. The molecule has 1 aliphatic heterocycles. The quantitative estimate of drug-likeness (QED) is 0.177. The van der Waals surface area contributed by atoms with Crippen molar-refractivity contribution in [3.05, 3.63) is 0 Å². The number of amides is 1. The molecule has 0 bridgehead atoms. The number of carbonyl (C=O) groups is 2. The van der Waals surface area contributed by atoms with Crippen molar-refractivity contribution >= 4 is 11.9 Å². The highest BCUT2D eigenvalue weighted by atomic mass is 16.7. The number of carboxylic acids is 1. The normalized spacial score (nSPS) is 31.2. The molecule has 9 N–H and O–H groups in total. The Bertz CT molecular complexity index is 478. The molecule has 0 aromatic heterocycles. The summed E-state index contributed by atoms with van der Waals surface area (Å²) in [5.74, 6) is -5.08. The first kappa shape index (κ1) is 22.7. The number of nitrogens with two attached hydrogens (primary N) is 1. The first-order valence-corrected chi connectivity index (χ1v) is 8.44. The third kappa shape index (κ3) is 5.84. The maximum atomic E-state index is 12.0. The van der Waals surface area contributed by atoms with Crippen LogP contribution in [0.5, 0.6) is 0 Å². The Labute approximate surface area is 150 Å². The van der Waals surface area contributed by atoms with Gasteiger partial charge in [0, 0.05) is 12.8 Å². The number of ether oxygens (including phenoxy) is 1. The fraction of sp³-hybridized carbons (Fsp3) is 0.867. The van der Waals surface area contributed by atoms with Gasteiger partial charge in [-0.2, -0.15) is 0 Å². The van der Waals surface area contributed by atoms with Gasteiger partial charge in [0.1, 0.15) is 18.3 Å². The van der Waals surface area contributed by atoms with E-state index in [0.717, 1.165) is 12.8 Å². The van der Waals surface area contributed by atoms with Crippen molar-refractivity contribution in [2.24, 2.45) is 5.73 Å². The van der Waals surface area contributed by atoms with Crippen LogP contribution in [0.2, 0.25) is 0 Å². The van der Waals surface area contributed by atoms with Crippen molar-refractivity contribution in [3.63, 3.8) is 0 Å². The van der Waals surface area contributed by atoms with Crippen LogP contribution in [0.3, 0.4) is 0 Å². The van der Waals surface area contributed by atoms with Crippen LogP contribution in [0.1, 0.15) is 32.1 Å². The molecule has 1 aliphatic rings. The van der Waals surface area contributed by atoms with E-state index in [1.807, 2.05) is 0 Å². The molecule has 0 aromatic rings. The van der Waals surface area contributed by atoms with Crippen LogP contribution in [0, 0.1) is 0 Å². The van der Waals surface area contributed by atoms with Gasteiger partial charge in [-0.25, -0.2) is 4.79 Å². The van der Waals surface area contributed by atoms with Gasteiger partial charge >= 0.3 is 5.97 Å². The summed E-state index contributed by atoms with van der Waals surface area (Å²) in [6.07, 6.45) is -5.44. The molecule has 1 amide bonds. The van der Waals surface area contributed by atoms with Gasteiger partial charge in [0.15, 0.2) is 0 Å². The zero-order valence-corrected chi connectivity index (χ0v) is 14.3. The van der Waals surface area contributed by atoms with E-state index in [9.17, 15) is 30.0 Å². The van der Waals surface area contributed by atoms with Crippen LogP contribution in [0.4, 0.5) is 0 Å². The highest BCUT2D eigenvalue weighted by Crippen LogP contribution is 2.30. The Morgan fingerprint density at radius 1 is 1.27 bits per heavy atom. The van der Waals surface area contributed by atoms with Gasteiger partial charge in [-0.15, -0.1) is 0 Å². The van der Waals surface area contributed by atoms with Crippen LogP contribution in [-0.2, 0) is 14.3 Å². The second-order valence-electron chi connectivity index (χ2n) is 6.38. The molecule has 0 aliphatic carbocycles. The molecule has 26 heavy (non-hydrogen) atoms. The minimum absolute atomic E-state index is 0.109. The average molecular weight is 380 g/mol. The molecule has 11 heteroatoms. The van der Waals surface area contributed by atoms with Gasteiger partial charge in [-0.05, 0) is 19.4 Å². The maximum Gasteiger partial charge on any atom is 0.364 e. The van der Waals surface area contributed by atoms with Crippen LogP contribution < -0.4 is 11.1 Å². The lowest BCUT2D eigenvalue weighted by atomic mass is 9.88. The lowest BCUT2D eigenvalue weighted by Gasteiger charge is -2.44. The first-order valence-electron chi connectivity index (χ1n) is 8.44. The van der Waals surface area contributed by atoms with Gasteiger partial charge in [0.2, 0.25) is 5.91 Å². The molecule has 0 spiro atoms. The van der Waals surface area contributed by atoms with E-state index in [2.05, 4.69) is 5.32 Å². The Morgan fingerprint density at radius 2 is 1.92 bits per heavy atom. The summed E-state index contributed by atoms with van der Waals surface area (Å²) >= 11 is 0. The Kier molecular flexibility index (Phi) is 8.83. The minimum Gasteiger partial charge on any atom is -0.477 e. The number of carboxylic acid groups (broad SMARTS) is 1. The van der Waals surface area contributed by atoms with E-state index >= 15 is 0 Å². The predicted octanol–water partition coefficient (Wildman–Crippen LogP) is -3.37. The molecule has 1 rings (SSSR count). The summed E-state index contributed by atoms with van der Waals surface area (Å²) in [5.41, 5.74) is 5.36. The van der Waals surface area contributed by atoms with Crippen LogP contribution >= 0.6 is 0 Å². The summed E-state index contributed by atoms with van der Waals surface area (Å²) in [4.78, 5) is 23.2. The maximum absolute atomic E-state index is 12.0. The van der Waals surface area contributed by atoms with Gasteiger partial charge < -0.3 is 46.4 Å². The molecule has 1 saturated heterocycles. The molecule has 0 unspecified atom stereocenters. The topological polar surface area (TPSA) is 203 Å². The standard InChI is InChI=1S/C15H28N2O9/c16-5-3-1-2-4-10(21)17-11-8(19)6-15(25,14(23)24)26-13(11)12(22)9(20)7-18/h8-9,11-13,18-20,22,25H,1-7,16H2,(H,17,21)(H,23,24)/t8-,9+,11+,12+,13+,15-/m0/s1. The van der Waals surface area contributed by atoms with E-state index in [0.29, 0.717) is 13.0 Å². The number of aliphatic hydroxyl groups excluding tert-OH is 4. The molecule has 152 valence electrons. The average Bonchev–Trinajstić information content (AvgIpc) is 2.59. The summed E-state index contributed by atoms with van der Waals surface area (Å²) in [6.45, 7) is -0.375. The number of carbonyl (C=O) groups excluding carboxylic acids is 1. The zero-order valence-electron chi connectivity index (χ0n) is 14.3. The highest BCUT2D eigenvalue weighted by molar-refractivity contribution is 5.77. The smallest absolute Gasteiger partial charge is 0.364 e. The largest absolute Gasteiger partial charge is 0.477 e. The summed E-state index contributed by atoms with van der Waals surface area (Å²) < 4.78 is 4.99. The minimum atomic E-state index is -2.80. The van der Waals surface area contributed by atoms with Crippen molar-refractivity contribution in [3.8, 4) is 0 Å². The second kappa shape index (κ2) is 10.1. The molecule has 0 saturated carbocycles. The zero-order chi connectivity index (χ0) is 19.9. The third-order valence-corrected chi connectivity index (χ3v) is 4.27. The van der Waals surface area contributed by atoms with Gasteiger partial charge in [0.05, 0.1) is 18.8 Å². The fourth-order valence-electron chi connectivity index (χ4n) is 2.77. The molecule has 6 atom stereocenters. The lowest BCUT2D eigenvalue weighted by molar-refractivity contribution is -0.295. The van der Waals surface area contributed by atoms with E-state index < -0.39 is 61.1 Å². The van der Waals surface area contributed by atoms with Crippen molar-refractivity contribution in [2.45, 2.75) is 68.3 Å². The van der Waals surface area contributed by atoms with Gasteiger partial charge in [-0.1, -0.05) is 6.42 Å². The van der Waals surface area contributed by atoms with Crippen LogP contribution in [0.15, 0.2) is 0 Å². The Morgan fingerprint density at radius 3 is 2.46 bits per heavy atom. The molecular weight excluding hydrogens is 352 g/mol. The Balaban J connectivity index is 2.87. The molecule has 0 aromatic carbocycles. The van der Waals surface area contributed by atoms with Crippen LogP contribution in [0.25, 0.3) is 0 Å². The molecule has 1 heterocycles. The van der Waals surface area contributed by atoms with E-state index in [1.165, 1.54) is 0 Å². The summed E-state index contributed by atoms with van der Waals surface area (Å²) in [5, 5.41) is 60.3. The number of unbranched alkanes of at least 4 members (excludes halogenated alkanes) is 2. The Hall–Kier alpha value is -1.34. The molecule has 1 fully saturated rings. The number of rotatable bonds is 10. The molecule has 11 nitrogen and oxygen atoms in total. The fourth-order valence-corrected chi connectivity index (χ4v) is 2.77. The molecule has 0 radical (unpaired) electrons.